The van der Waals surface area contributed by atoms with Gasteiger partial charge in [-0.1, -0.05) is 23.9 Å². The molecule has 1 aliphatic heterocycles. The van der Waals surface area contributed by atoms with Gasteiger partial charge >= 0.3 is 0 Å². The summed E-state index contributed by atoms with van der Waals surface area (Å²) in [5.41, 5.74) is 1.12. The van der Waals surface area contributed by atoms with Crippen molar-refractivity contribution in [3.05, 3.63) is 42.2 Å². The highest BCUT2D eigenvalue weighted by Gasteiger charge is 2.23. The molecule has 0 fully saturated rings. The Morgan fingerprint density at radius 3 is 3.00 bits per heavy atom. The van der Waals surface area contributed by atoms with Crippen molar-refractivity contribution >= 4 is 17.7 Å². The van der Waals surface area contributed by atoms with Crippen LogP contribution in [-0.4, -0.2) is 41.9 Å². The number of para-hydroxylation sites is 1. The standard InChI is InChI=1S/C17H19N3O3S/c1-22-14-5-2-4-13-8-12(10-23-16(13)14)9-20-15(21)11-24-17-18-6-3-7-19-17/h2-7,12H,8-11H2,1H3,(H,20,21)/t12-/m0/s1. The number of carbonyl (C=O) groups is 1. The number of aromatic nitrogens is 2. The zero-order valence-corrected chi connectivity index (χ0v) is 14.2. The molecule has 2 heterocycles. The first-order valence-corrected chi connectivity index (χ1v) is 8.70. The molecule has 126 valence electrons. The number of amides is 1. The van der Waals surface area contributed by atoms with Crippen molar-refractivity contribution < 1.29 is 14.3 Å². The summed E-state index contributed by atoms with van der Waals surface area (Å²) >= 11 is 1.33. The van der Waals surface area contributed by atoms with Crippen LogP contribution in [-0.2, 0) is 11.2 Å². The number of carbonyl (C=O) groups excluding carboxylic acids is 1. The van der Waals surface area contributed by atoms with Crippen molar-refractivity contribution in [3.8, 4) is 11.5 Å². The van der Waals surface area contributed by atoms with E-state index in [0.29, 0.717) is 24.1 Å². The number of hydrogen-bond donors (Lipinski definition) is 1. The molecule has 0 aliphatic carbocycles. The SMILES string of the molecule is COc1cccc2c1OC[C@H](CNC(=O)CSc1ncccn1)C2. The number of nitrogens with zero attached hydrogens (tertiary/aromatic N) is 2. The van der Waals surface area contributed by atoms with Gasteiger partial charge in [0.05, 0.1) is 19.5 Å². The predicted molar refractivity (Wildman–Crippen MR) is 91.4 cm³/mol. The van der Waals surface area contributed by atoms with Crippen molar-refractivity contribution in [2.24, 2.45) is 5.92 Å². The normalized spacial score (nSPS) is 16.0. The molecule has 1 atom stereocenters. The highest BCUT2D eigenvalue weighted by molar-refractivity contribution is 7.99. The second-order valence-electron chi connectivity index (χ2n) is 5.45. The first-order valence-electron chi connectivity index (χ1n) is 7.71. The average Bonchev–Trinajstić information content (AvgIpc) is 2.64. The molecule has 1 N–H and O–H groups in total. The van der Waals surface area contributed by atoms with E-state index < -0.39 is 0 Å². The summed E-state index contributed by atoms with van der Waals surface area (Å²) in [6.45, 7) is 1.16. The number of ether oxygens (including phenoxy) is 2. The van der Waals surface area contributed by atoms with Gasteiger partial charge in [0, 0.05) is 24.9 Å². The van der Waals surface area contributed by atoms with Gasteiger partial charge in [0.2, 0.25) is 5.91 Å². The maximum Gasteiger partial charge on any atom is 0.230 e. The third-order valence-electron chi connectivity index (χ3n) is 3.71. The number of methoxy groups -OCH3 is 1. The van der Waals surface area contributed by atoms with E-state index in [1.54, 1.807) is 25.6 Å². The van der Waals surface area contributed by atoms with E-state index in [0.717, 1.165) is 23.5 Å². The molecule has 2 aromatic rings. The minimum absolute atomic E-state index is 0.0242. The lowest BCUT2D eigenvalue weighted by molar-refractivity contribution is -0.118. The second-order valence-corrected chi connectivity index (χ2v) is 6.40. The molecule has 24 heavy (non-hydrogen) atoms. The fourth-order valence-corrected chi connectivity index (χ4v) is 3.18. The van der Waals surface area contributed by atoms with Crippen molar-refractivity contribution in [2.45, 2.75) is 11.6 Å². The number of rotatable bonds is 6. The first-order chi connectivity index (χ1) is 11.8. The Kier molecular flexibility index (Phi) is 5.53. The Balaban J connectivity index is 1.46. The smallest absolute Gasteiger partial charge is 0.230 e. The Bertz CT molecular complexity index is 697. The maximum absolute atomic E-state index is 12.0. The fourth-order valence-electron chi connectivity index (χ4n) is 2.55. The molecule has 6 nitrogen and oxygen atoms in total. The van der Waals surface area contributed by atoms with E-state index in [2.05, 4.69) is 15.3 Å². The summed E-state index contributed by atoms with van der Waals surface area (Å²) in [7, 11) is 1.64. The van der Waals surface area contributed by atoms with Gasteiger partial charge < -0.3 is 14.8 Å². The van der Waals surface area contributed by atoms with Crippen molar-refractivity contribution in [3.63, 3.8) is 0 Å². The van der Waals surface area contributed by atoms with E-state index >= 15 is 0 Å². The summed E-state index contributed by atoms with van der Waals surface area (Å²) < 4.78 is 11.1. The Hall–Kier alpha value is -2.28. The predicted octanol–water partition coefficient (Wildman–Crippen LogP) is 1.94. The van der Waals surface area contributed by atoms with Crippen LogP contribution in [0.15, 0.2) is 41.8 Å². The van der Waals surface area contributed by atoms with Gasteiger partial charge in [0.15, 0.2) is 16.7 Å². The third kappa shape index (κ3) is 4.17. The van der Waals surface area contributed by atoms with Crippen LogP contribution < -0.4 is 14.8 Å². The highest BCUT2D eigenvalue weighted by Crippen LogP contribution is 2.35. The first kappa shape index (κ1) is 16.6. The average molecular weight is 345 g/mol. The quantitative estimate of drug-likeness (QED) is 0.637. The van der Waals surface area contributed by atoms with Crippen molar-refractivity contribution in [1.82, 2.24) is 15.3 Å². The van der Waals surface area contributed by atoms with Gasteiger partial charge in [-0.2, -0.15) is 0 Å². The molecule has 0 radical (unpaired) electrons. The topological polar surface area (TPSA) is 73.3 Å². The lowest BCUT2D eigenvalue weighted by atomic mass is 9.96. The molecule has 0 saturated heterocycles. The zero-order valence-electron chi connectivity index (χ0n) is 13.4. The van der Waals surface area contributed by atoms with Crippen LogP contribution in [0.2, 0.25) is 0 Å². The van der Waals surface area contributed by atoms with Gasteiger partial charge in [0.25, 0.3) is 0 Å². The summed E-state index contributed by atoms with van der Waals surface area (Å²) in [5, 5.41) is 3.56. The van der Waals surface area contributed by atoms with Gasteiger partial charge in [-0.15, -0.1) is 0 Å². The summed E-state index contributed by atoms with van der Waals surface area (Å²) in [4.78, 5) is 20.1. The van der Waals surface area contributed by atoms with E-state index in [-0.39, 0.29) is 11.8 Å². The largest absolute Gasteiger partial charge is 0.493 e. The number of fused-ring (bicyclic) bond motifs is 1. The molecule has 0 saturated carbocycles. The van der Waals surface area contributed by atoms with Crippen molar-refractivity contribution in [2.75, 3.05) is 26.0 Å². The van der Waals surface area contributed by atoms with Crippen LogP contribution in [0.25, 0.3) is 0 Å². The summed E-state index contributed by atoms with van der Waals surface area (Å²) in [5.74, 6) is 2.12. The molecule has 0 unspecified atom stereocenters. The zero-order chi connectivity index (χ0) is 16.8. The molecule has 3 rings (SSSR count). The molecule has 0 bridgehead atoms. The summed E-state index contributed by atoms with van der Waals surface area (Å²) in [6.07, 6.45) is 4.19. The summed E-state index contributed by atoms with van der Waals surface area (Å²) in [6, 6.07) is 7.64. The van der Waals surface area contributed by atoms with Gasteiger partial charge in [0.1, 0.15) is 0 Å². The minimum Gasteiger partial charge on any atom is -0.493 e. The van der Waals surface area contributed by atoms with E-state index in [9.17, 15) is 4.79 Å². The molecule has 1 aromatic heterocycles. The molecular formula is C17H19N3O3S. The van der Waals surface area contributed by atoms with Gasteiger partial charge in [-0.3, -0.25) is 4.79 Å². The number of thioether (sulfide) groups is 1. The van der Waals surface area contributed by atoms with Crippen molar-refractivity contribution in [1.29, 1.82) is 0 Å². The van der Waals surface area contributed by atoms with Gasteiger partial charge in [-0.05, 0) is 24.1 Å². The van der Waals surface area contributed by atoms with Gasteiger partial charge in [-0.25, -0.2) is 9.97 Å². The molecule has 0 spiro atoms. The lowest BCUT2D eigenvalue weighted by Gasteiger charge is -2.26. The lowest BCUT2D eigenvalue weighted by Crippen LogP contribution is -2.35. The van der Waals surface area contributed by atoms with E-state index in [4.69, 9.17) is 9.47 Å². The molecule has 1 aliphatic rings. The number of nitrogens with one attached hydrogen (secondary N) is 1. The van der Waals surface area contributed by atoms with Crippen LogP contribution >= 0.6 is 11.8 Å². The van der Waals surface area contributed by atoms with Crippen LogP contribution in [0.5, 0.6) is 11.5 Å². The van der Waals surface area contributed by atoms with Crippen LogP contribution in [0.3, 0.4) is 0 Å². The highest BCUT2D eigenvalue weighted by atomic mass is 32.2. The molecule has 1 amide bonds. The van der Waals surface area contributed by atoms with Crippen LogP contribution in [0.4, 0.5) is 0 Å². The van der Waals surface area contributed by atoms with Crippen LogP contribution in [0.1, 0.15) is 5.56 Å². The Labute approximate surface area is 145 Å². The number of benzene rings is 1. The Morgan fingerprint density at radius 1 is 1.38 bits per heavy atom. The van der Waals surface area contributed by atoms with E-state index in [1.807, 2.05) is 18.2 Å². The molecular weight excluding hydrogens is 326 g/mol. The second kappa shape index (κ2) is 8.01. The minimum atomic E-state index is -0.0242. The molecule has 7 heteroatoms. The maximum atomic E-state index is 12.0. The van der Waals surface area contributed by atoms with Crippen LogP contribution in [0, 0.1) is 5.92 Å². The third-order valence-corrected chi connectivity index (χ3v) is 4.59. The number of hydrogen-bond acceptors (Lipinski definition) is 6. The molecule has 1 aromatic carbocycles. The van der Waals surface area contributed by atoms with E-state index in [1.165, 1.54) is 11.8 Å². The Morgan fingerprint density at radius 2 is 2.21 bits per heavy atom. The fraction of sp³-hybridized carbons (Fsp3) is 0.353. The monoisotopic (exact) mass is 345 g/mol.